The van der Waals surface area contributed by atoms with Crippen molar-refractivity contribution in [3.05, 3.63) is 12.2 Å². The molecule has 0 aromatic rings. The third-order valence-electron chi connectivity index (χ3n) is 9.29. The second-order valence-corrected chi connectivity index (χ2v) is 10.3. The number of ketones is 1. The van der Waals surface area contributed by atoms with Gasteiger partial charge in [0.2, 0.25) is 0 Å². The molecule has 0 heterocycles. The zero-order chi connectivity index (χ0) is 18.6. The zero-order valence-corrected chi connectivity index (χ0v) is 16.7. The summed E-state index contributed by atoms with van der Waals surface area (Å²) in [6, 6.07) is 0. The number of hydrogen-bond acceptors (Lipinski definition) is 3. The third-order valence-corrected chi connectivity index (χ3v) is 9.29. The Hall–Kier alpha value is -0.670. The number of allylic oxidation sites excluding steroid dienone is 1. The first-order chi connectivity index (χ1) is 12.3. The fourth-order valence-corrected chi connectivity index (χ4v) is 7.61. The summed E-state index contributed by atoms with van der Waals surface area (Å²) in [5.41, 5.74) is 5.05. The van der Waals surface area contributed by atoms with Gasteiger partial charge in [0.05, 0.1) is 5.60 Å². The van der Waals surface area contributed by atoms with Gasteiger partial charge in [-0.15, -0.1) is 0 Å². The standard InChI is InChI=1S/C23H37NO2/c1-21-11-10-19-17(18(21)6-7-20(21)25)9-13-23(26)15-16(5-3-4-14-24)8-12-22(19,23)2/h3,5,16-19,26H,4,6-15,24H2,1-2H3/b5-3-/t16-,17+,18+,19+,21+,22-,23-/m1/s1. The summed E-state index contributed by atoms with van der Waals surface area (Å²) in [5.74, 6) is 2.82. The molecule has 0 radical (unpaired) electrons. The van der Waals surface area contributed by atoms with Crippen molar-refractivity contribution in [2.45, 2.75) is 83.7 Å². The van der Waals surface area contributed by atoms with Crippen molar-refractivity contribution in [1.29, 1.82) is 0 Å². The average Bonchev–Trinajstić information content (AvgIpc) is 2.91. The van der Waals surface area contributed by atoms with Crippen LogP contribution < -0.4 is 5.73 Å². The minimum Gasteiger partial charge on any atom is -0.389 e. The Morgan fingerprint density at radius 1 is 1.12 bits per heavy atom. The van der Waals surface area contributed by atoms with Gasteiger partial charge in [-0.25, -0.2) is 0 Å². The summed E-state index contributed by atoms with van der Waals surface area (Å²) >= 11 is 0. The highest BCUT2D eigenvalue weighted by Gasteiger charge is 2.64. The summed E-state index contributed by atoms with van der Waals surface area (Å²) in [5, 5.41) is 11.7. The smallest absolute Gasteiger partial charge is 0.139 e. The Labute approximate surface area is 158 Å². The summed E-state index contributed by atoms with van der Waals surface area (Å²) in [4.78, 5) is 12.5. The first-order valence-electron chi connectivity index (χ1n) is 11.0. The molecule has 0 aromatic carbocycles. The van der Waals surface area contributed by atoms with Gasteiger partial charge in [-0.1, -0.05) is 26.0 Å². The largest absolute Gasteiger partial charge is 0.389 e. The summed E-state index contributed by atoms with van der Waals surface area (Å²) in [6.07, 6.45) is 14.8. The number of carbonyl (C=O) groups excluding carboxylic acids is 1. The summed E-state index contributed by atoms with van der Waals surface area (Å²) in [6.45, 7) is 5.32. The molecular formula is C23H37NO2. The Kier molecular flexibility index (Phi) is 4.63. The molecule has 0 amide bonds. The highest BCUT2D eigenvalue weighted by Crippen LogP contribution is 2.67. The van der Waals surface area contributed by atoms with Crippen LogP contribution in [0.3, 0.4) is 0 Å². The quantitative estimate of drug-likeness (QED) is 0.741. The molecule has 0 spiro atoms. The number of hydrogen-bond donors (Lipinski definition) is 2. The highest BCUT2D eigenvalue weighted by atomic mass is 16.3. The van der Waals surface area contributed by atoms with Crippen LogP contribution in [0.25, 0.3) is 0 Å². The van der Waals surface area contributed by atoms with Gasteiger partial charge < -0.3 is 10.8 Å². The molecule has 4 aliphatic rings. The second kappa shape index (κ2) is 6.44. The minimum atomic E-state index is -0.527. The van der Waals surface area contributed by atoms with Crippen molar-refractivity contribution in [2.75, 3.05) is 6.54 Å². The zero-order valence-electron chi connectivity index (χ0n) is 16.7. The van der Waals surface area contributed by atoms with Crippen LogP contribution in [0.15, 0.2) is 12.2 Å². The summed E-state index contributed by atoms with van der Waals surface area (Å²) < 4.78 is 0. The molecule has 4 fully saturated rings. The number of nitrogens with two attached hydrogens (primary N) is 1. The lowest BCUT2D eigenvalue weighted by molar-refractivity contribution is -0.207. The van der Waals surface area contributed by atoms with E-state index in [4.69, 9.17) is 5.73 Å². The van der Waals surface area contributed by atoms with Crippen molar-refractivity contribution < 1.29 is 9.90 Å². The van der Waals surface area contributed by atoms with Crippen LogP contribution in [-0.4, -0.2) is 23.0 Å². The van der Waals surface area contributed by atoms with Crippen molar-refractivity contribution in [1.82, 2.24) is 0 Å². The minimum absolute atomic E-state index is 0.0289. The Morgan fingerprint density at radius 2 is 1.92 bits per heavy atom. The third kappa shape index (κ3) is 2.57. The monoisotopic (exact) mass is 359 g/mol. The van der Waals surface area contributed by atoms with Gasteiger partial charge in [0, 0.05) is 11.8 Å². The lowest BCUT2D eigenvalue weighted by Gasteiger charge is -2.63. The number of fused-ring (bicyclic) bond motifs is 5. The fourth-order valence-electron chi connectivity index (χ4n) is 7.61. The van der Waals surface area contributed by atoms with Crippen LogP contribution in [0, 0.1) is 34.5 Å². The van der Waals surface area contributed by atoms with E-state index in [1.54, 1.807) is 0 Å². The van der Waals surface area contributed by atoms with Gasteiger partial charge in [0.15, 0.2) is 0 Å². The van der Waals surface area contributed by atoms with Gasteiger partial charge in [0.25, 0.3) is 0 Å². The molecule has 7 atom stereocenters. The molecule has 26 heavy (non-hydrogen) atoms. The van der Waals surface area contributed by atoms with E-state index in [-0.39, 0.29) is 10.8 Å². The normalized spacial score (nSPS) is 51.2. The molecule has 0 unspecified atom stereocenters. The molecule has 4 aliphatic carbocycles. The van der Waals surface area contributed by atoms with Gasteiger partial charge in [-0.3, -0.25) is 4.79 Å². The van der Waals surface area contributed by atoms with Crippen molar-refractivity contribution in [2.24, 2.45) is 40.2 Å². The Balaban J connectivity index is 1.56. The number of aliphatic hydroxyl groups is 1. The van der Waals surface area contributed by atoms with Crippen molar-refractivity contribution >= 4 is 5.78 Å². The SMILES string of the molecule is C[C@]12CC[C@H]3[C@@H](CC[C@@]4(O)C[C@H](/C=C\CCN)CC[C@]34C)[C@@H]1CCC2=O. The number of carbonyl (C=O) groups is 1. The molecule has 0 saturated heterocycles. The van der Waals surface area contributed by atoms with Gasteiger partial charge >= 0.3 is 0 Å². The maximum Gasteiger partial charge on any atom is 0.139 e. The van der Waals surface area contributed by atoms with Gasteiger partial charge in [-0.05, 0) is 93.4 Å². The van der Waals surface area contributed by atoms with E-state index in [2.05, 4.69) is 26.0 Å². The Morgan fingerprint density at radius 3 is 2.69 bits per heavy atom. The van der Waals surface area contributed by atoms with E-state index < -0.39 is 5.60 Å². The molecule has 146 valence electrons. The molecule has 3 heteroatoms. The molecular weight excluding hydrogens is 322 g/mol. The van der Waals surface area contributed by atoms with Crippen LogP contribution in [0.5, 0.6) is 0 Å². The predicted octanol–water partition coefficient (Wildman–Crippen LogP) is 4.23. The van der Waals surface area contributed by atoms with Gasteiger partial charge in [-0.2, -0.15) is 0 Å². The van der Waals surface area contributed by atoms with E-state index in [1.165, 1.54) is 6.42 Å². The van der Waals surface area contributed by atoms with E-state index in [1.807, 2.05) is 0 Å². The highest BCUT2D eigenvalue weighted by molar-refractivity contribution is 5.87. The molecule has 0 aliphatic heterocycles. The predicted molar refractivity (Wildman–Crippen MR) is 104 cm³/mol. The first-order valence-corrected chi connectivity index (χ1v) is 11.0. The maximum atomic E-state index is 12.5. The summed E-state index contributed by atoms with van der Waals surface area (Å²) in [7, 11) is 0. The van der Waals surface area contributed by atoms with Crippen LogP contribution in [-0.2, 0) is 4.79 Å². The van der Waals surface area contributed by atoms with Crippen LogP contribution >= 0.6 is 0 Å². The van der Waals surface area contributed by atoms with Crippen LogP contribution in [0.4, 0.5) is 0 Å². The first kappa shape index (κ1) is 18.7. The lowest BCUT2D eigenvalue weighted by Crippen LogP contribution is -2.62. The van der Waals surface area contributed by atoms with E-state index >= 15 is 0 Å². The van der Waals surface area contributed by atoms with Gasteiger partial charge in [0.1, 0.15) is 5.78 Å². The molecule has 0 aromatic heterocycles. The fraction of sp³-hybridized carbons (Fsp3) is 0.870. The second-order valence-electron chi connectivity index (χ2n) is 10.3. The molecule has 0 bridgehead atoms. The van der Waals surface area contributed by atoms with E-state index in [9.17, 15) is 9.90 Å². The topological polar surface area (TPSA) is 63.3 Å². The van der Waals surface area contributed by atoms with E-state index in [0.717, 1.165) is 57.8 Å². The molecule has 4 rings (SSSR count). The average molecular weight is 360 g/mol. The van der Waals surface area contributed by atoms with Crippen molar-refractivity contribution in [3.8, 4) is 0 Å². The molecule has 3 nitrogen and oxygen atoms in total. The maximum absolute atomic E-state index is 12.5. The number of rotatable bonds is 3. The van der Waals surface area contributed by atoms with Crippen molar-refractivity contribution in [3.63, 3.8) is 0 Å². The lowest BCUT2D eigenvalue weighted by atomic mass is 9.43. The van der Waals surface area contributed by atoms with Crippen LogP contribution in [0.2, 0.25) is 0 Å². The molecule has 4 saturated carbocycles. The van der Waals surface area contributed by atoms with Crippen LogP contribution in [0.1, 0.15) is 78.1 Å². The number of Topliss-reactive ketones (excluding diaryl/α,β-unsaturated/α-hetero) is 1. The van der Waals surface area contributed by atoms with E-state index in [0.29, 0.717) is 36.0 Å². The Bertz CT molecular complexity index is 601. The molecule has 3 N–H and O–H groups in total.